The van der Waals surface area contributed by atoms with Crippen LogP contribution in [-0.4, -0.2) is 36.1 Å². The highest BCUT2D eigenvalue weighted by molar-refractivity contribution is 5.72. The molecule has 0 radical (unpaired) electrons. The minimum Gasteiger partial charge on any atom is -0.465 e. The first-order valence-electron chi connectivity index (χ1n) is 6.37. The molecule has 0 aliphatic carbocycles. The van der Waals surface area contributed by atoms with Crippen molar-refractivity contribution < 1.29 is 9.53 Å². The van der Waals surface area contributed by atoms with Gasteiger partial charge in [0.05, 0.1) is 12.5 Å². The molecule has 1 atom stereocenters. The predicted molar refractivity (Wildman–Crippen MR) is 65.3 cm³/mol. The lowest BCUT2D eigenvalue weighted by atomic mass is 9.93. The molecule has 0 aromatic carbocycles. The fourth-order valence-corrected chi connectivity index (χ4v) is 2.10. The van der Waals surface area contributed by atoms with Crippen molar-refractivity contribution in [3.05, 3.63) is 0 Å². The number of piperidine rings is 1. The van der Waals surface area contributed by atoms with E-state index in [9.17, 15) is 4.79 Å². The van der Waals surface area contributed by atoms with Crippen LogP contribution in [0.3, 0.4) is 0 Å². The average Bonchev–Trinajstić information content (AvgIpc) is 2.25. The summed E-state index contributed by atoms with van der Waals surface area (Å²) in [6.07, 6.45) is 2.99. The topological polar surface area (TPSA) is 29.5 Å². The Kier molecular flexibility index (Phi) is 4.78. The van der Waals surface area contributed by atoms with E-state index in [1.807, 2.05) is 6.92 Å². The van der Waals surface area contributed by atoms with E-state index >= 15 is 0 Å². The summed E-state index contributed by atoms with van der Waals surface area (Å²) in [6, 6.07) is 0. The summed E-state index contributed by atoms with van der Waals surface area (Å²) < 4.78 is 5.23. The monoisotopic (exact) mass is 227 g/mol. The Morgan fingerprint density at radius 1 is 1.44 bits per heavy atom. The van der Waals surface area contributed by atoms with Crippen LogP contribution in [0.1, 0.15) is 47.0 Å². The fourth-order valence-electron chi connectivity index (χ4n) is 2.10. The maximum Gasteiger partial charge on any atom is 0.310 e. The standard InChI is InChI=1S/C13H25NO2/c1-5-9-16-12(15)11-7-6-8-14(10-11)13(2,3)4/h11H,5-10H2,1-4H3. The van der Waals surface area contributed by atoms with E-state index in [1.165, 1.54) is 0 Å². The number of carbonyl (C=O) groups excluding carboxylic acids is 1. The van der Waals surface area contributed by atoms with Gasteiger partial charge in [-0.1, -0.05) is 6.92 Å². The second-order valence-electron chi connectivity index (χ2n) is 5.62. The van der Waals surface area contributed by atoms with Gasteiger partial charge < -0.3 is 4.74 Å². The summed E-state index contributed by atoms with van der Waals surface area (Å²) in [4.78, 5) is 14.2. The summed E-state index contributed by atoms with van der Waals surface area (Å²) in [6.45, 7) is 11.1. The summed E-state index contributed by atoms with van der Waals surface area (Å²) in [5, 5.41) is 0. The number of likely N-dealkylation sites (tertiary alicyclic amines) is 1. The number of esters is 1. The van der Waals surface area contributed by atoms with Crippen LogP contribution in [-0.2, 0) is 9.53 Å². The van der Waals surface area contributed by atoms with Gasteiger partial charge >= 0.3 is 5.97 Å². The molecular weight excluding hydrogens is 202 g/mol. The Morgan fingerprint density at radius 2 is 2.12 bits per heavy atom. The van der Waals surface area contributed by atoms with Crippen LogP contribution >= 0.6 is 0 Å². The van der Waals surface area contributed by atoms with Crippen LogP contribution in [0.15, 0.2) is 0 Å². The van der Waals surface area contributed by atoms with Crippen LogP contribution in [0, 0.1) is 5.92 Å². The van der Waals surface area contributed by atoms with Gasteiger partial charge in [-0.25, -0.2) is 0 Å². The first kappa shape index (κ1) is 13.5. The Hall–Kier alpha value is -0.570. The molecule has 1 rings (SSSR count). The second-order valence-corrected chi connectivity index (χ2v) is 5.62. The van der Waals surface area contributed by atoms with Crippen molar-refractivity contribution >= 4 is 5.97 Å². The lowest BCUT2D eigenvalue weighted by molar-refractivity contribution is -0.151. The van der Waals surface area contributed by atoms with E-state index in [0.717, 1.165) is 32.4 Å². The third-order valence-electron chi connectivity index (χ3n) is 3.15. The molecule has 1 saturated heterocycles. The molecule has 94 valence electrons. The van der Waals surface area contributed by atoms with Crippen LogP contribution < -0.4 is 0 Å². The SMILES string of the molecule is CCCOC(=O)C1CCCN(C(C)(C)C)C1. The number of carbonyl (C=O) groups is 1. The minimum absolute atomic E-state index is 0.00389. The Balaban J connectivity index is 2.47. The number of rotatable bonds is 3. The zero-order valence-corrected chi connectivity index (χ0v) is 11.1. The molecule has 0 bridgehead atoms. The quantitative estimate of drug-likeness (QED) is 0.694. The molecule has 16 heavy (non-hydrogen) atoms. The van der Waals surface area contributed by atoms with E-state index in [-0.39, 0.29) is 17.4 Å². The van der Waals surface area contributed by atoms with Crippen molar-refractivity contribution in [2.75, 3.05) is 19.7 Å². The molecule has 0 spiro atoms. The van der Waals surface area contributed by atoms with E-state index in [1.54, 1.807) is 0 Å². The Morgan fingerprint density at radius 3 is 2.69 bits per heavy atom. The maximum absolute atomic E-state index is 11.8. The lowest BCUT2D eigenvalue weighted by Gasteiger charge is -2.40. The van der Waals surface area contributed by atoms with Gasteiger partial charge in [-0.2, -0.15) is 0 Å². The highest BCUT2D eigenvalue weighted by Gasteiger charge is 2.31. The highest BCUT2D eigenvalue weighted by atomic mass is 16.5. The molecular formula is C13H25NO2. The molecule has 1 fully saturated rings. The molecule has 1 heterocycles. The molecule has 0 saturated carbocycles. The summed E-state index contributed by atoms with van der Waals surface area (Å²) >= 11 is 0. The van der Waals surface area contributed by atoms with E-state index in [0.29, 0.717) is 6.61 Å². The minimum atomic E-state index is -0.00389. The van der Waals surface area contributed by atoms with Gasteiger partial charge in [0.15, 0.2) is 0 Å². The van der Waals surface area contributed by atoms with Gasteiger partial charge in [-0.05, 0) is 46.6 Å². The molecule has 0 aromatic rings. The molecule has 1 aliphatic heterocycles. The third kappa shape index (κ3) is 3.78. The van der Waals surface area contributed by atoms with Gasteiger partial charge in [-0.15, -0.1) is 0 Å². The van der Waals surface area contributed by atoms with Gasteiger partial charge in [-0.3, -0.25) is 9.69 Å². The number of ether oxygens (including phenoxy) is 1. The van der Waals surface area contributed by atoms with E-state index in [2.05, 4.69) is 25.7 Å². The number of nitrogens with zero attached hydrogens (tertiary/aromatic N) is 1. The smallest absolute Gasteiger partial charge is 0.310 e. The lowest BCUT2D eigenvalue weighted by Crippen LogP contribution is -2.49. The largest absolute Gasteiger partial charge is 0.465 e. The molecule has 3 nitrogen and oxygen atoms in total. The number of hydrogen-bond donors (Lipinski definition) is 0. The van der Waals surface area contributed by atoms with Crippen LogP contribution in [0.5, 0.6) is 0 Å². The Labute approximate surface area is 99.1 Å². The first-order chi connectivity index (χ1) is 7.45. The third-order valence-corrected chi connectivity index (χ3v) is 3.15. The van der Waals surface area contributed by atoms with Crippen molar-refractivity contribution in [2.24, 2.45) is 5.92 Å². The molecule has 3 heteroatoms. The van der Waals surface area contributed by atoms with Gasteiger partial charge in [0.25, 0.3) is 0 Å². The normalized spacial score (nSPS) is 23.1. The molecule has 0 aromatic heterocycles. The van der Waals surface area contributed by atoms with Gasteiger partial charge in [0.1, 0.15) is 0 Å². The van der Waals surface area contributed by atoms with Crippen LogP contribution in [0.25, 0.3) is 0 Å². The number of hydrogen-bond acceptors (Lipinski definition) is 3. The molecule has 1 aliphatic rings. The maximum atomic E-state index is 11.8. The zero-order chi connectivity index (χ0) is 12.2. The van der Waals surface area contributed by atoms with Crippen molar-refractivity contribution in [2.45, 2.75) is 52.5 Å². The summed E-state index contributed by atoms with van der Waals surface area (Å²) in [5.74, 6) is 0.0790. The van der Waals surface area contributed by atoms with Gasteiger partial charge in [0, 0.05) is 12.1 Å². The zero-order valence-electron chi connectivity index (χ0n) is 11.1. The van der Waals surface area contributed by atoms with E-state index < -0.39 is 0 Å². The predicted octanol–water partition coefficient (Wildman–Crippen LogP) is 2.45. The fraction of sp³-hybridized carbons (Fsp3) is 0.923. The van der Waals surface area contributed by atoms with Crippen molar-refractivity contribution in [3.8, 4) is 0 Å². The van der Waals surface area contributed by atoms with Crippen molar-refractivity contribution in [1.29, 1.82) is 0 Å². The second kappa shape index (κ2) is 5.67. The Bertz CT molecular complexity index is 233. The van der Waals surface area contributed by atoms with Crippen molar-refractivity contribution in [1.82, 2.24) is 4.90 Å². The van der Waals surface area contributed by atoms with Crippen molar-refractivity contribution in [3.63, 3.8) is 0 Å². The molecule has 0 N–H and O–H groups in total. The molecule has 0 amide bonds. The highest BCUT2D eigenvalue weighted by Crippen LogP contribution is 2.24. The van der Waals surface area contributed by atoms with E-state index in [4.69, 9.17) is 4.74 Å². The molecule has 1 unspecified atom stereocenters. The average molecular weight is 227 g/mol. The summed E-state index contributed by atoms with van der Waals surface area (Å²) in [5.41, 5.74) is 0.156. The van der Waals surface area contributed by atoms with Crippen LogP contribution in [0.2, 0.25) is 0 Å². The summed E-state index contributed by atoms with van der Waals surface area (Å²) in [7, 11) is 0. The first-order valence-corrected chi connectivity index (χ1v) is 6.37. The van der Waals surface area contributed by atoms with Gasteiger partial charge in [0.2, 0.25) is 0 Å². The van der Waals surface area contributed by atoms with Crippen LogP contribution in [0.4, 0.5) is 0 Å².